The standard InChI is InChI=1S/C15H28O/c1-13(2)9-14(3,4)11-15(10-13)7-5-6-12(15)8-16/h12,16H,5-11H2,1-4H3. The van der Waals surface area contributed by atoms with E-state index in [0.717, 1.165) is 0 Å². The molecule has 2 saturated carbocycles. The van der Waals surface area contributed by atoms with E-state index < -0.39 is 0 Å². The molecule has 2 rings (SSSR count). The number of aliphatic hydroxyl groups excluding tert-OH is 1. The van der Waals surface area contributed by atoms with Crippen LogP contribution in [0.1, 0.15) is 66.2 Å². The van der Waals surface area contributed by atoms with Crippen LogP contribution in [0.2, 0.25) is 0 Å². The van der Waals surface area contributed by atoms with Gasteiger partial charge < -0.3 is 5.11 Å². The SMILES string of the molecule is CC1(C)CC(C)(C)CC2(CCCC2CO)C1. The summed E-state index contributed by atoms with van der Waals surface area (Å²) in [6.07, 6.45) is 7.92. The molecule has 1 N–H and O–H groups in total. The molecule has 0 radical (unpaired) electrons. The molecule has 0 aliphatic heterocycles. The maximum Gasteiger partial charge on any atom is 0.0464 e. The van der Waals surface area contributed by atoms with Gasteiger partial charge in [-0.15, -0.1) is 0 Å². The molecular weight excluding hydrogens is 196 g/mol. The van der Waals surface area contributed by atoms with E-state index in [1.165, 1.54) is 38.5 Å². The summed E-state index contributed by atoms with van der Waals surface area (Å²) in [5.41, 5.74) is 1.37. The Morgan fingerprint density at radius 2 is 1.56 bits per heavy atom. The second-order valence-corrected chi connectivity index (χ2v) is 7.99. The van der Waals surface area contributed by atoms with Gasteiger partial charge in [0.15, 0.2) is 0 Å². The molecule has 0 saturated heterocycles. The highest BCUT2D eigenvalue weighted by molar-refractivity contribution is 5.02. The second-order valence-electron chi connectivity index (χ2n) is 7.99. The predicted molar refractivity (Wildman–Crippen MR) is 68.3 cm³/mol. The Kier molecular flexibility index (Phi) is 2.89. The second kappa shape index (κ2) is 3.73. The van der Waals surface area contributed by atoms with Crippen LogP contribution in [0.4, 0.5) is 0 Å². The van der Waals surface area contributed by atoms with Crippen LogP contribution >= 0.6 is 0 Å². The first-order valence-corrected chi connectivity index (χ1v) is 6.90. The summed E-state index contributed by atoms with van der Waals surface area (Å²) in [5.74, 6) is 0.575. The van der Waals surface area contributed by atoms with Gasteiger partial charge in [-0.2, -0.15) is 0 Å². The van der Waals surface area contributed by atoms with E-state index in [-0.39, 0.29) is 0 Å². The highest BCUT2D eigenvalue weighted by Gasteiger charge is 2.52. The van der Waals surface area contributed by atoms with Crippen molar-refractivity contribution in [2.75, 3.05) is 6.61 Å². The summed E-state index contributed by atoms with van der Waals surface area (Å²) < 4.78 is 0. The lowest BCUT2D eigenvalue weighted by molar-refractivity contribution is -0.0396. The minimum absolute atomic E-state index is 0.409. The van der Waals surface area contributed by atoms with Gasteiger partial charge in [0.05, 0.1) is 0 Å². The van der Waals surface area contributed by atoms with E-state index in [1.807, 2.05) is 0 Å². The monoisotopic (exact) mass is 224 g/mol. The van der Waals surface area contributed by atoms with E-state index >= 15 is 0 Å². The lowest BCUT2D eigenvalue weighted by Crippen LogP contribution is -2.44. The third-order valence-electron chi connectivity index (χ3n) is 4.93. The van der Waals surface area contributed by atoms with Gasteiger partial charge in [0, 0.05) is 6.61 Å². The molecule has 1 heteroatoms. The Hall–Kier alpha value is -0.0400. The molecule has 0 aromatic heterocycles. The summed E-state index contributed by atoms with van der Waals surface area (Å²) >= 11 is 0. The van der Waals surface area contributed by atoms with Gasteiger partial charge in [-0.05, 0) is 54.3 Å². The van der Waals surface area contributed by atoms with Crippen LogP contribution in [0.25, 0.3) is 0 Å². The zero-order chi connectivity index (χ0) is 12.0. The Balaban J connectivity index is 2.27. The molecular formula is C15H28O. The van der Waals surface area contributed by atoms with Crippen molar-refractivity contribution in [1.82, 2.24) is 0 Å². The topological polar surface area (TPSA) is 20.2 Å². The summed E-state index contributed by atoms with van der Waals surface area (Å²) in [4.78, 5) is 0. The Morgan fingerprint density at radius 3 is 2.06 bits per heavy atom. The van der Waals surface area contributed by atoms with E-state index in [9.17, 15) is 5.11 Å². The predicted octanol–water partition coefficient (Wildman–Crippen LogP) is 4.00. The first-order valence-electron chi connectivity index (χ1n) is 6.90. The van der Waals surface area contributed by atoms with Crippen molar-refractivity contribution in [3.05, 3.63) is 0 Å². The normalized spacial score (nSPS) is 35.4. The van der Waals surface area contributed by atoms with Gasteiger partial charge in [0.1, 0.15) is 0 Å². The highest BCUT2D eigenvalue weighted by Crippen LogP contribution is 2.62. The van der Waals surface area contributed by atoms with Crippen molar-refractivity contribution in [3.8, 4) is 0 Å². The molecule has 0 heterocycles. The molecule has 2 aliphatic carbocycles. The van der Waals surface area contributed by atoms with Crippen LogP contribution in [0, 0.1) is 22.2 Å². The number of hydrogen-bond acceptors (Lipinski definition) is 1. The number of aliphatic hydroxyl groups is 1. The smallest absolute Gasteiger partial charge is 0.0464 e. The van der Waals surface area contributed by atoms with Gasteiger partial charge in [0.25, 0.3) is 0 Å². The molecule has 0 aromatic rings. The third kappa shape index (κ3) is 2.16. The molecule has 0 aromatic carbocycles. The van der Waals surface area contributed by atoms with Gasteiger partial charge in [-0.25, -0.2) is 0 Å². The Morgan fingerprint density at radius 1 is 1.00 bits per heavy atom. The molecule has 1 atom stereocenters. The van der Waals surface area contributed by atoms with Crippen molar-refractivity contribution < 1.29 is 5.11 Å². The van der Waals surface area contributed by atoms with Crippen molar-refractivity contribution in [2.45, 2.75) is 66.2 Å². The van der Waals surface area contributed by atoms with Crippen LogP contribution in [0.3, 0.4) is 0 Å². The molecule has 1 spiro atoms. The Bertz CT molecular complexity index is 249. The fraction of sp³-hybridized carbons (Fsp3) is 1.00. The highest BCUT2D eigenvalue weighted by atomic mass is 16.3. The van der Waals surface area contributed by atoms with Gasteiger partial charge >= 0.3 is 0 Å². The first-order chi connectivity index (χ1) is 7.29. The molecule has 2 aliphatic rings. The first kappa shape index (κ1) is 12.4. The zero-order valence-electron chi connectivity index (χ0n) is 11.5. The molecule has 0 amide bonds. The maximum atomic E-state index is 9.62. The van der Waals surface area contributed by atoms with E-state index in [0.29, 0.717) is 28.8 Å². The summed E-state index contributed by atoms with van der Waals surface area (Å²) in [6.45, 7) is 10.1. The van der Waals surface area contributed by atoms with Crippen molar-refractivity contribution in [2.24, 2.45) is 22.2 Å². The number of rotatable bonds is 1. The quantitative estimate of drug-likeness (QED) is 0.713. The van der Waals surface area contributed by atoms with Crippen LogP contribution in [-0.4, -0.2) is 11.7 Å². The summed E-state index contributed by atoms with van der Waals surface area (Å²) in [7, 11) is 0. The van der Waals surface area contributed by atoms with E-state index in [2.05, 4.69) is 27.7 Å². The maximum absolute atomic E-state index is 9.62. The fourth-order valence-corrected chi connectivity index (χ4v) is 5.35. The lowest BCUT2D eigenvalue weighted by Gasteiger charge is -2.53. The lowest BCUT2D eigenvalue weighted by atomic mass is 9.52. The molecule has 1 nitrogen and oxygen atoms in total. The van der Waals surface area contributed by atoms with Crippen LogP contribution in [0.15, 0.2) is 0 Å². The number of hydrogen-bond donors (Lipinski definition) is 1. The largest absolute Gasteiger partial charge is 0.396 e. The molecule has 0 bridgehead atoms. The van der Waals surface area contributed by atoms with Crippen LogP contribution in [0.5, 0.6) is 0 Å². The van der Waals surface area contributed by atoms with Crippen molar-refractivity contribution in [3.63, 3.8) is 0 Å². The summed E-state index contributed by atoms with van der Waals surface area (Å²) in [5, 5.41) is 9.62. The molecule has 2 fully saturated rings. The van der Waals surface area contributed by atoms with Gasteiger partial charge in [0.2, 0.25) is 0 Å². The molecule has 94 valence electrons. The Labute approximate surface area is 101 Å². The van der Waals surface area contributed by atoms with Crippen molar-refractivity contribution in [1.29, 1.82) is 0 Å². The van der Waals surface area contributed by atoms with Crippen LogP contribution < -0.4 is 0 Å². The minimum atomic E-state index is 0.409. The van der Waals surface area contributed by atoms with E-state index in [4.69, 9.17) is 0 Å². The average Bonchev–Trinajstić information content (AvgIpc) is 2.40. The fourth-order valence-electron chi connectivity index (χ4n) is 5.35. The van der Waals surface area contributed by atoms with Gasteiger partial charge in [-0.1, -0.05) is 34.1 Å². The van der Waals surface area contributed by atoms with Gasteiger partial charge in [-0.3, -0.25) is 0 Å². The molecule has 16 heavy (non-hydrogen) atoms. The third-order valence-corrected chi connectivity index (χ3v) is 4.93. The van der Waals surface area contributed by atoms with Crippen LogP contribution in [-0.2, 0) is 0 Å². The zero-order valence-corrected chi connectivity index (χ0v) is 11.5. The minimum Gasteiger partial charge on any atom is -0.396 e. The average molecular weight is 224 g/mol. The summed E-state index contributed by atoms with van der Waals surface area (Å²) in [6, 6.07) is 0. The van der Waals surface area contributed by atoms with Crippen molar-refractivity contribution >= 4 is 0 Å². The van der Waals surface area contributed by atoms with E-state index in [1.54, 1.807) is 0 Å². The molecule has 1 unspecified atom stereocenters.